The van der Waals surface area contributed by atoms with Gasteiger partial charge in [0.2, 0.25) is 0 Å². The SMILES string of the molecule is OC(Cc1cccs1)CC1CCCc2ccccc21. The van der Waals surface area contributed by atoms with Gasteiger partial charge in [-0.2, -0.15) is 0 Å². The van der Waals surface area contributed by atoms with E-state index in [1.165, 1.54) is 35.3 Å². The Morgan fingerprint density at radius 1 is 1.21 bits per heavy atom. The third-order valence-electron chi connectivity index (χ3n) is 4.07. The van der Waals surface area contributed by atoms with Crippen LogP contribution in [0.3, 0.4) is 0 Å². The minimum absolute atomic E-state index is 0.213. The summed E-state index contributed by atoms with van der Waals surface area (Å²) in [4.78, 5) is 1.29. The van der Waals surface area contributed by atoms with Gasteiger partial charge in [0.25, 0.3) is 0 Å². The van der Waals surface area contributed by atoms with Crippen molar-refractivity contribution >= 4 is 11.3 Å². The average Bonchev–Trinajstić information content (AvgIpc) is 2.92. The van der Waals surface area contributed by atoms with Gasteiger partial charge in [0, 0.05) is 11.3 Å². The van der Waals surface area contributed by atoms with E-state index in [4.69, 9.17) is 0 Å². The molecule has 1 aromatic heterocycles. The van der Waals surface area contributed by atoms with Crippen LogP contribution >= 0.6 is 11.3 Å². The third kappa shape index (κ3) is 3.07. The summed E-state index contributed by atoms with van der Waals surface area (Å²) in [5.74, 6) is 0.542. The lowest BCUT2D eigenvalue weighted by molar-refractivity contribution is 0.153. The summed E-state index contributed by atoms with van der Waals surface area (Å²) in [6.07, 6.45) is 5.17. The maximum Gasteiger partial charge on any atom is 0.0594 e. The van der Waals surface area contributed by atoms with Gasteiger partial charge in [0.05, 0.1) is 6.10 Å². The Morgan fingerprint density at radius 2 is 2.11 bits per heavy atom. The van der Waals surface area contributed by atoms with Crippen LogP contribution in [0, 0.1) is 0 Å². The zero-order chi connectivity index (χ0) is 13.1. The Kier molecular flexibility index (Phi) is 4.00. The Balaban J connectivity index is 1.67. The van der Waals surface area contributed by atoms with Crippen molar-refractivity contribution in [2.24, 2.45) is 0 Å². The van der Waals surface area contributed by atoms with E-state index in [1.54, 1.807) is 11.3 Å². The fourth-order valence-corrected chi connectivity index (χ4v) is 3.95. The monoisotopic (exact) mass is 272 g/mol. The first-order chi connectivity index (χ1) is 9.33. The molecule has 2 heteroatoms. The number of aliphatic hydroxyl groups excluding tert-OH is 1. The second-order valence-corrected chi connectivity index (χ2v) is 6.49. The second kappa shape index (κ2) is 5.89. The Hall–Kier alpha value is -1.12. The largest absolute Gasteiger partial charge is 0.393 e. The molecular weight excluding hydrogens is 252 g/mol. The molecule has 0 bridgehead atoms. The van der Waals surface area contributed by atoms with E-state index in [-0.39, 0.29) is 6.10 Å². The molecule has 0 fully saturated rings. The first-order valence-electron chi connectivity index (χ1n) is 7.11. The van der Waals surface area contributed by atoms with Crippen molar-refractivity contribution in [1.82, 2.24) is 0 Å². The minimum Gasteiger partial charge on any atom is -0.393 e. The summed E-state index contributed by atoms with van der Waals surface area (Å²) in [6, 6.07) is 12.9. The Labute approximate surface area is 118 Å². The quantitative estimate of drug-likeness (QED) is 0.886. The number of hydrogen-bond donors (Lipinski definition) is 1. The fraction of sp³-hybridized carbons (Fsp3) is 0.412. The molecule has 1 aromatic carbocycles. The average molecular weight is 272 g/mol. The normalized spacial score (nSPS) is 19.9. The van der Waals surface area contributed by atoms with Crippen LogP contribution in [0.15, 0.2) is 41.8 Å². The van der Waals surface area contributed by atoms with Crippen molar-refractivity contribution in [3.8, 4) is 0 Å². The van der Waals surface area contributed by atoms with E-state index in [1.807, 2.05) is 0 Å². The van der Waals surface area contributed by atoms with Crippen LogP contribution in [0.2, 0.25) is 0 Å². The van der Waals surface area contributed by atoms with Crippen LogP contribution in [-0.4, -0.2) is 11.2 Å². The molecule has 1 heterocycles. The van der Waals surface area contributed by atoms with Crippen molar-refractivity contribution in [3.63, 3.8) is 0 Å². The van der Waals surface area contributed by atoms with Gasteiger partial charge in [-0.1, -0.05) is 30.3 Å². The highest BCUT2D eigenvalue weighted by Gasteiger charge is 2.22. The molecule has 19 heavy (non-hydrogen) atoms. The Morgan fingerprint density at radius 3 is 2.95 bits per heavy atom. The predicted octanol–water partition coefficient (Wildman–Crippen LogP) is 4.16. The molecule has 0 radical (unpaired) electrons. The van der Waals surface area contributed by atoms with Crippen LogP contribution in [0.1, 0.15) is 41.2 Å². The van der Waals surface area contributed by atoms with Crippen LogP contribution in [0.5, 0.6) is 0 Å². The Bertz CT molecular complexity index is 518. The molecule has 0 aliphatic heterocycles. The number of aryl methyl sites for hydroxylation is 1. The molecule has 2 unspecified atom stereocenters. The molecule has 2 aromatic rings. The summed E-state index contributed by atoms with van der Waals surface area (Å²) >= 11 is 1.74. The molecule has 0 amide bonds. The highest BCUT2D eigenvalue weighted by Crippen LogP contribution is 2.35. The first kappa shape index (κ1) is 12.9. The molecule has 1 aliphatic carbocycles. The van der Waals surface area contributed by atoms with E-state index < -0.39 is 0 Å². The fourth-order valence-electron chi connectivity index (χ4n) is 3.17. The van der Waals surface area contributed by atoms with Crippen LogP contribution in [0.25, 0.3) is 0 Å². The number of hydrogen-bond acceptors (Lipinski definition) is 2. The van der Waals surface area contributed by atoms with Crippen LogP contribution in [0.4, 0.5) is 0 Å². The molecule has 0 saturated carbocycles. The predicted molar refractivity (Wildman–Crippen MR) is 80.8 cm³/mol. The number of benzene rings is 1. The van der Waals surface area contributed by atoms with Gasteiger partial charge in [-0.05, 0) is 54.2 Å². The summed E-state index contributed by atoms with van der Waals surface area (Å²) in [6.45, 7) is 0. The number of rotatable bonds is 4. The van der Waals surface area contributed by atoms with E-state index >= 15 is 0 Å². The summed E-state index contributed by atoms with van der Waals surface area (Å²) in [7, 11) is 0. The molecule has 1 N–H and O–H groups in total. The zero-order valence-electron chi connectivity index (χ0n) is 11.1. The number of aliphatic hydroxyl groups is 1. The third-order valence-corrected chi connectivity index (χ3v) is 4.97. The molecule has 3 rings (SSSR count). The molecule has 0 saturated heterocycles. The smallest absolute Gasteiger partial charge is 0.0594 e. The van der Waals surface area contributed by atoms with Crippen molar-refractivity contribution in [2.75, 3.05) is 0 Å². The van der Waals surface area contributed by atoms with Crippen molar-refractivity contribution in [1.29, 1.82) is 0 Å². The summed E-state index contributed by atoms with van der Waals surface area (Å²) < 4.78 is 0. The van der Waals surface area contributed by atoms with Gasteiger partial charge in [-0.3, -0.25) is 0 Å². The van der Waals surface area contributed by atoms with E-state index in [0.29, 0.717) is 5.92 Å². The van der Waals surface area contributed by atoms with Crippen molar-refractivity contribution in [2.45, 2.75) is 44.1 Å². The number of thiophene rings is 1. The minimum atomic E-state index is -0.213. The summed E-state index contributed by atoms with van der Waals surface area (Å²) in [5.41, 5.74) is 2.96. The van der Waals surface area contributed by atoms with Gasteiger partial charge in [-0.25, -0.2) is 0 Å². The van der Waals surface area contributed by atoms with Gasteiger partial charge < -0.3 is 5.11 Å². The first-order valence-corrected chi connectivity index (χ1v) is 7.99. The molecule has 100 valence electrons. The zero-order valence-corrected chi connectivity index (χ0v) is 11.9. The van der Waals surface area contributed by atoms with E-state index in [2.05, 4.69) is 41.8 Å². The molecule has 0 spiro atoms. The summed E-state index contributed by atoms with van der Waals surface area (Å²) in [5, 5.41) is 12.4. The van der Waals surface area contributed by atoms with Crippen molar-refractivity contribution < 1.29 is 5.11 Å². The molecule has 1 nitrogen and oxygen atoms in total. The van der Waals surface area contributed by atoms with Crippen LogP contribution in [-0.2, 0) is 12.8 Å². The van der Waals surface area contributed by atoms with Gasteiger partial charge in [0.1, 0.15) is 0 Å². The van der Waals surface area contributed by atoms with E-state index in [9.17, 15) is 5.11 Å². The maximum atomic E-state index is 10.3. The highest BCUT2D eigenvalue weighted by atomic mass is 32.1. The molecular formula is C17H20OS. The van der Waals surface area contributed by atoms with Gasteiger partial charge >= 0.3 is 0 Å². The van der Waals surface area contributed by atoms with Gasteiger partial charge in [-0.15, -0.1) is 11.3 Å². The lowest BCUT2D eigenvalue weighted by atomic mass is 9.79. The second-order valence-electron chi connectivity index (χ2n) is 5.46. The lowest BCUT2D eigenvalue weighted by Gasteiger charge is -2.27. The molecule has 2 atom stereocenters. The lowest BCUT2D eigenvalue weighted by Crippen LogP contribution is -2.18. The maximum absolute atomic E-state index is 10.3. The van der Waals surface area contributed by atoms with Gasteiger partial charge in [0.15, 0.2) is 0 Å². The van der Waals surface area contributed by atoms with E-state index in [0.717, 1.165) is 12.8 Å². The van der Waals surface area contributed by atoms with Crippen LogP contribution < -0.4 is 0 Å². The standard InChI is InChI=1S/C17H20OS/c18-15(12-16-8-4-10-19-16)11-14-7-3-6-13-5-1-2-9-17(13)14/h1-2,4-5,8-10,14-15,18H,3,6-7,11-12H2. The molecule has 1 aliphatic rings. The topological polar surface area (TPSA) is 20.2 Å². The van der Waals surface area contributed by atoms with Crippen molar-refractivity contribution in [3.05, 3.63) is 57.8 Å². The number of fused-ring (bicyclic) bond motifs is 1. The highest BCUT2D eigenvalue weighted by molar-refractivity contribution is 7.09.